The molecule has 0 N–H and O–H groups in total. The highest BCUT2D eigenvalue weighted by atomic mass is 32.1. The summed E-state index contributed by atoms with van der Waals surface area (Å²) >= 11 is 1.97. The monoisotopic (exact) mass is 320 g/mol. The summed E-state index contributed by atoms with van der Waals surface area (Å²) in [5.41, 5.74) is 0. The van der Waals surface area contributed by atoms with Crippen LogP contribution >= 0.6 is 11.3 Å². The summed E-state index contributed by atoms with van der Waals surface area (Å²) in [6.07, 6.45) is 5.29. The van der Waals surface area contributed by atoms with Gasteiger partial charge in [-0.05, 0) is 50.7 Å². The van der Waals surface area contributed by atoms with Gasteiger partial charge in [-0.15, -0.1) is 11.3 Å². The minimum atomic E-state index is 0.808. The first-order valence-electron chi connectivity index (χ1n) is 8.91. The van der Waals surface area contributed by atoms with Gasteiger partial charge >= 0.3 is 0 Å². The minimum absolute atomic E-state index is 0.808. The van der Waals surface area contributed by atoms with Crippen LogP contribution in [-0.4, -0.2) is 54.7 Å². The molecule has 122 valence electrons. The molecule has 0 spiro atoms. The number of rotatable bonds is 4. The average molecular weight is 321 g/mol. The van der Waals surface area contributed by atoms with Crippen LogP contribution in [0.2, 0.25) is 0 Å². The highest BCUT2D eigenvalue weighted by Gasteiger charge is 2.42. The number of likely N-dealkylation sites (tertiary alicyclic amines) is 2. The van der Waals surface area contributed by atoms with Gasteiger partial charge in [0.05, 0.1) is 0 Å². The van der Waals surface area contributed by atoms with Crippen molar-refractivity contribution in [1.29, 1.82) is 0 Å². The lowest BCUT2D eigenvalue weighted by Crippen LogP contribution is -2.39. The van der Waals surface area contributed by atoms with Gasteiger partial charge in [0.25, 0.3) is 0 Å². The van der Waals surface area contributed by atoms with E-state index in [0.717, 1.165) is 31.2 Å². The topological polar surface area (TPSA) is 15.7 Å². The Morgan fingerprint density at radius 2 is 1.77 bits per heavy atom. The van der Waals surface area contributed by atoms with Crippen molar-refractivity contribution in [3.63, 3.8) is 0 Å². The third-order valence-electron chi connectivity index (χ3n) is 5.79. The maximum Gasteiger partial charge on any atom is 0.0469 e. The highest BCUT2D eigenvalue weighted by molar-refractivity contribution is 7.11. The Bertz CT molecular complexity index is 497. The van der Waals surface area contributed by atoms with Gasteiger partial charge in [-0.3, -0.25) is 9.80 Å². The lowest BCUT2D eigenvalue weighted by Gasteiger charge is -2.30. The van der Waals surface area contributed by atoms with Crippen molar-refractivity contribution in [2.45, 2.75) is 51.2 Å². The summed E-state index contributed by atoms with van der Waals surface area (Å²) in [5.74, 6) is 0.876. The molecule has 0 unspecified atom stereocenters. The molecule has 4 rings (SSSR count). The van der Waals surface area contributed by atoms with E-state index >= 15 is 0 Å². The van der Waals surface area contributed by atoms with E-state index in [2.05, 4.69) is 28.9 Å². The molecule has 1 aromatic heterocycles. The quantitative estimate of drug-likeness (QED) is 0.848. The van der Waals surface area contributed by atoms with Crippen LogP contribution in [0.5, 0.6) is 0 Å². The van der Waals surface area contributed by atoms with Gasteiger partial charge in [-0.1, -0.05) is 0 Å². The van der Waals surface area contributed by atoms with Crippen LogP contribution in [0.15, 0.2) is 12.1 Å². The Morgan fingerprint density at radius 3 is 2.50 bits per heavy atom. The van der Waals surface area contributed by atoms with Crippen molar-refractivity contribution >= 4 is 11.3 Å². The van der Waals surface area contributed by atoms with Gasteiger partial charge in [0, 0.05) is 61.2 Å². The van der Waals surface area contributed by atoms with E-state index in [4.69, 9.17) is 4.74 Å². The molecule has 4 heterocycles. The van der Waals surface area contributed by atoms with Crippen LogP contribution in [0.3, 0.4) is 0 Å². The summed E-state index contributed by atoms with van der Waals surface area (Å²) in [6, 6.07) is 6.22. The highest BCUT2D eigenvalue weighted by Crippen LogP contribution is 2.34. The molecule has 3 fully saturated rings. The van der Waals surface area contributed by atoms with Gasteiger partial charge in [0.15, 0.2) is 0 Å². The zero-order valence-electron chi connectivity index (χ0n) is 13.7. The molecule has 3 aliphatic heterocycles. The molecule has 3 saturated heterocycles. The standard InChI is InChI=1S/C18H28N2OS/c1-14-2-3-16(22-14)13-20-9-5-17-18(20)4-8-19(17)12-15-6-10-21-11-7-15/h2-3,15,17-18H,4-13H2,1H3/t17-,18+/m0/s1. The Labute approximate surface area is 138 Å². The SMILES string of the molecule is Cc1ccc(CN2CC[C@H]3[C@H]2CCN3CC2CCOCC2)s1. The van der Waals surface area contributed by atoms with Crippen LogP contribution in [-0.2, 0) is 11.3 Å². The second-order valence-electron chi connectivity index (χ2n) is 7.25. The third-order valence-corrected chi connectivity index (χ3v) is 6.78. The smallest absolute Gasteiger partial charge is 0.0469 e. The Balaban J connectivity index is 1.34. The van der Waals surface area contributed by atoms with Gasteiger partial charge in [0.2, 0.25) is 0 Å². The second kappa shape index (κ2) is 6.60. The van der Waals surface area contributed by atoms with Crippen LogP contribution in [0.25, 0.3) is 0 Å². The number of nitrogens with zero attached hydrogens (tertiary/aromatic N) is 2. The number of ether oxygens (including phenoxy) is 1. The van der Waals surface area contributed by atoms with E-state index < -0.39 is 0 Å². The fourth-order valence-electron chi connectivity index (χ4n) is 4.62. The molecule has 0 aromatic carbocycles. The van der Waals surface area contributed by atoms with Crippen LogP contribution in [0, 0.1) is 12.8 Å². The van der Waals surface area contributed by atoms with Crippen LogP contribution in [0.4, 0.5) is 0 Å². The maximum absolute atomic E-state index is 5.51. The van der Waals surface area contributed by atoms with Crippen LogP contribution in [0.1, 0.15) is 35.4 Å². The summed E-state index contributed by atoms with van der Waals surface area (Å²) < 4.78 is 5.51. The summed E-state index contributed by atoms with van der Waals surface area (Å²) in [6.45, 7) is 9.27. The zero-order valence-corrected chi connectivity index (χ0v) is 14.5. The number of fused-ring (bicyclic) bond motifs is 1. The molecule has 0 radical (unpaired) electrons. The van der Waals surface area contributed by atoms with E-state index in [9.17, 15) is 0 Å². The Morgan fingerprint density at radius 1 is 1.05 bits per heavy atom. The molecule has 4 heteroatoms. The Hall–Kier alpha value is -0.420. The molecular weight excluding hydrogens is 292 g/mol. The summed E-state index contributed by atoms with van der Waals surface area (Å²) in [4.78, 5) is 8.54. The molecular formula is C18H28N2OS. The van der Waals surface area contributed by atoms with Gasteiger partial charge in [-0.2, -0.15) is 0 Å². The van der Waals surface area contributed by atoms with Crippen molar-refractivity contribution in [2.24, 2.45) is 5.92 Å². The number of aryl methyl sites for hydroxylation is 1. The normalized spacial score (nSPS) is 31.0. The second-order valence-corrected chi connectivity index (χ2v) is 8.62. The molecule has 2 atom stereocenters. The van der Waals surface area contributed by atoms with Gasteiger partial charge in [-0.25, -0.2) is 0 Å². The third kappa shape index (κ3) is 3.12. The predicted octanol–water partition coefficient (Wildman–Crippen LogP) is 3.13. The van der Waals surface area contributed by atoms with Crippen LogP contribution < -0.4 is 0 Å². The first kappa shape index (κ1) is 15.1. The number of hydrogen-bond acceptors (Lipinski definition) is 4. The first-order chi connectivity index (χ1) is 10.8. The fourth-order valence-corrected chi connectivity index (χ4v) is 5.53. The van der Waals surface area contributed by atoms with E-state index in [1.54, 1.807) is 4.88 Å². The van der Waals surface area contributed by atoms with Crippen molar-refractivity contribution < 1.29 is 4.74 Å². The number of thiophene rings is 1. The lowest BCUT2D eigenvalue weighted by atomic mass is 9.99. The molecule has 0 bridgehead atoms. The minimum Gasteiger partial charge on any atom is -0.381 e. The molecule has 0 saturated carbocycles. The van der Waals surface area contributed by atoms with Crippen molar-refractivity contribution in [1.82, 2.24) is 9.80 Å². The van der Waals surface area contributed by atoms with Gasteiger partial charge < -0.3 is 4.74 Å². The molecule has 0 aliphatic carbocycles. The molecule has 0 amide bonds. The summed E-state index contributed by atoms with van der Waals surface area (Å²) in [7, 11) is 0. The zero-order chi connectivity index (χ0) is 14.9. The molecule has 22 heavy (non-hydrogen) atoms. The molecule has 3 nitrogen and oxygen atoms in total. The van der Waals surface area contributed by atoms with Crippen molar-refractivity contribution in [3.05, 3.63) is 21.9 Å². The molecule has 3 aliphatic rings. The van der Waals surface area contributed by atoms with E-state index in [-0.39, 0.29) is 0 Å². The largest absolute Gasteiger partial charge is 0.381 e. The molecule has 1 aromatic rings. The number of hydrogen-bond donors (Lipinski definition) is 0. The Kier molecular flexibility index (Phi) is 4.54. The van der Waals surface area contributed by atoms with E-state index in [1.807, 2.05) is 11.3 Å². The van der Waals surface area contributed by atoms with E-state index in [1.165, 1.54) is 56.7 Å². The van der Waals surface area contributed by atoms with Gasteiger partial charge in [0.1, 0.15) is 0 Å². The maximum atomic E-state index is 5.51. The van der Waals surface area contributed by atoms with Crippen molar-refractivity contribution in [3.8, 4) is 0 Å². The first-order valence-corrected chi connectivity index (χ1v) is 9.72. The van der Waals surface area contributed by atoms with E-state index in [0.29, 0.717) is 0 Å². The average Bonchev–Trinajstić information content (AvgIpc) is 3.21. The van der Waals surface area contributed by atoms with Crippen molar-refractivity contribution in [2.75, 3.05) is 32.8 Å². The summed E-state index contributed by atoms with van der Waals surface area (Å²) in [5, 5.41) is 0. The predicted molar refractivity (Wildman–Crippen MR) is 91.4 cm³/mol. The lowest BCUT2D eigenvalue weighted by molar-refractivity contribution is 0.0504. The fraction of sp³-hybridized carbons (Fsp3) is 0.778.